The number of carboxylic acid groups (broad SMARTS) is 1. The number of ether oxygens (including phenoxy) is 1. The first-order valence-corrected chi connectivity index (χ1v) is 8.59. The largest absolute Gasteiger partial charge is 0.480 e. The molecule has 0 aromatic heterocycles. The third-order valence-electron chi connectivity index (χ3n) is 5.03. The number of nitrogens with one attached hydrogen (secondary N) is 2. The van der Waals surface area contributed by atoms with Crippen LogP contribution in [0.4, 0.5) is 4.79 Å². The number of carbonyl (C=O) groups is 2. The molecule has 2 saturated carbocycles. The lowest BCUT2D eigenvalue weighted by atomic mass is 9.85. The number of hydrogen-bond acceptors (Lipinski definition) is 4. The summed E-state index contributed by atoms with van der Waals surface area (Å²) in [5, 5.41) is 14.9. The van der Waals surface area contributed by atoms with Gasteiger partial charge in [-0.15, -0.1) is 0 Å². The lowest BCUT2D eigenvalue weighted by Gasteiger charge is -2.42. The Labute approximate surface area is 137 Å². The lowest BCUT2D eigenvalue weighted by molar-refractivity contribution is -0.139. The molecule has 0 heterocycles. The first-order valence-electron chi connectivity index (χ1n) is 8.59. The Kier molecular flexibility index (Phi) is 6.65. The number of nitrogens with zero attached hydrogens (tertiary/aromatic N) is 1. The predicted octanol–water partition coefficient (Wildman–Crippen LogP) is 1.18. The van der Waals surface area contributed by atoms with Crippen molar-refractivity contribution in [1.82, 2.24) is 15.5 Å². The molecule has 2 rings (SSSR count). The Morgan fingerprint density at radius 2 is 1.91 bits per heavy atom. The van der Waals surface area contributed by atoms with Crippen LogP contribution in [-0.2, 0) is 9.53 Å². The van der Waals surface area contributed by atoms with Gasteiger partial charge in [0.25, 0.3) is 0 Å². The molecule has 0 bridgehead atoms. The van der Waals surface area contributed by atoms with Crippen molar-refractivity contribution in [3.8, 4) is 0 Å². The summed E-state index contributed by atoms with van der Waals surface area (Å²) in [5.41, 5.74) is 0. The molecule has 2 fully saturated rings. The van der Waals surface area contributed by atoms with Crippen molar-refractivity contribution in [3.05, 3.63) is 0 Å². The van der Waals surface area contributed by atoms with Gasteiger partial charge >= 0.3 is 12.0 Å². The number of rotatable bonds is 7. The van der Waals surface area contributed by atoms with E-state index in [0.29, 0.717) is 6.54 Å². The highest BCUT2D eigenvalue weighted by Gasteiger charge is 2.35. The standard InChI is InChI=1S/C16H29N3O4/c1-3-19(10-15(20)21)12-8-11(9-12)17-16(22)18-13-6-4-5-7-14(13)23-2/h11-14H,3-10H2,1-2H3,(H,20,21)(H2,17,18,22)/t11?,12?,13-,14-/m1/s1. The molecular formula is C16H29N3O4. The van der Waals surface area contributed by atoms with Crippen LogP contribution in [-0.4, -0.2) is 66.4 Å². The van der Waals surface area contributed by atoms with Crippen molar-refractivity contribution in [2.75, 3.05) is 20.2 Å². The summed E-state index contributed by atoms with van der Waals surface area (Å²) in [6.45, 7) is 2.75. The first-order chi connectivity index (χ1) is 11.0. The van der Waals surface area contributed by atoms with Crippen LogP contribution in [0.2, 0.25) is 0 Å². The van der Waals surface area contributed by atoms with Crippen molar-refractivity contribution in [2.24, 2.45) is 0 Å². The third-order valence-corrected chi connectivity index (χ3v) is 5.03. The topological polar surface area (TPSA) is 90.9 Å². The average molecular weight is 327 g/mol. The van der Waals surface area contributed by atoms with E-state index in [1.54, 1.807) is 7.11 Å². The molecular weight excluding hydrogens is 298 g/mol. The first kappa shape index (κ1) is 18.0. The van der Waals surface area contributed by atoms with E-state index in [1.165, 1.54) is 0 Å². The quantitative estimate of drug-likeness (QED) is 0.653. The molecule has 7 nitrogen and oxygen atoms in total. The summed E-state index contributed by atoms with van der Waals surface area (Å²) in [6.07, 6.45) is 5.96. The molecule has 2 aliphatic rings. The van der Waals surface area contributed by atoms with E-state index < -0.39 is 5.97 Å². The van der Waals surface area contributed by atoms with Crippen molar-refractivity contribution in [1.29, 1.82) is 0 Å². The molecule has 0 aliphatic heterocycles. The number of urea groups is 1. The zero-order chi connectivity index (χ0) is 16.8. The molecule has 0 aromatic rings. The molecule has 23 heavy (non-hydrogen) atoms. The molecule has 0 saturated heterocycles. The minimum absolute atomic E-state index is 0.0671. The van der Waals surface area contributed by atoms with Crippen LogP contribution < -0.4 is 10.6 Å². The summed E-state index contributed by atoms with van der Waals surface area (Å²) in [7, 11) is 1.70. The van der Waals surface area contributed by atoms with Gasteiger partial charge in [0, 0.05) is 19.2 Å². The van der Waals surface area contributed by atoms with Gasteiger partial charge in [-0.05, 0) is 32.2 Å². The predicted molar refractivity (Wildman–Crippen MR) is 86.4 cm³/mol. The fraction of sp³-hybridized carbons (Fsp3) is 0.875. The van der Waals surface area contributed by atoms with E-state index >= 15 is 0 Å². The van der Waals surface area contributed by atoms with E-state index in [4.69, 9.17) is 9.84 Å². The third kappa shape index (κ3) is 5.07. The van der Waals surface area contributed by atoms with Crippen LogP contribution in [0.3, 0.4) is 0 Å². The number of amides is 2. The second-order valence-corrected chi connectivity index (χ2v) is 6.56. The average Bonchev–Trinajstić information content (AvgIpc) is 2.48. The van der Waals surface area contributed by atoms with Gasteiger partial charge in [0.2, 0.25) is 0 Å². The Balaban J connectivity index is 1.70. The van der Waals surface area contributed by atoms with Crippen molar-refractivity contribution in [2.45, 2.75) is 69.7 Å². The number of carboxylic acids is 1. The Bertz CT molecular complexity index is 412. The molecule has 0 aromatic carbocycles. The van der Waals surface area contributed by atoms with E-state index in [0.717, 1.165) is 38.5 Å². The molecule has 2 amide bonds. The maximum absolute atomic E-state index is 12.1. The maximum atomic E-state index is 12.1. The maximum Gasteiger partial charge on any atom is 0.317 e. The van der Waals surface area contributed by atoms with Crippen LogP contribution in [0.1, 0.15) is 45.4 Å². The van der Waals surface area contributed by atoms with Crippen LogP contribution >= 0.6 is 0 Å². The Morgan fingerprint density at radius 3 is 2.52 bits per heavy atom. The highest BCUT2D eigenvalue weighted by Crippen LogP contribution is 2.26. The minimum atomic E-state index is -0.802. The Hall–Kier alpha value is -1.34. The minimum Gasteiger partial charge on any atom is -0.480 e. The molecule has 3 N–H and O–H groups in total. The second-order valence-electron chi connectivity index (χ2n) is 6.56. The molecule has 0 radical (unpaired) electrons. The molecule has 2 atom stereocenters. The van der Waals surface area contributed by atoms with Crippen LogP contribution in [0, 0.1) is 0 Å². The smallest absolute Gasteiger partial charge is 0.317 e. The van der Waals surface area contributed by atoms with Crippen molar-refractivity contribution in [3.63, 3.8) is 0 Å². The van der Waals surface area contributed by atoms with E-state index in [-0.39, 0.29) is 36.8 Å². The fourth-order valence-corrected chi connectivity index (χ4v) is 3.62. The van der Waals surface area contributed by atoms with Gasteiger partial charge < -0.3 is 20.5 Å². The number of methoxy groups -OCH3 is 1. The lowest BCUT2D eigenvalue weighted by Crippen LogP contribution is -2.58. The Morgan fingerprint density at radius 1 is 1.22 bits per heavy atom. The van der Waals surface area contributed by atoms with Gasteiger partial charge in [0.1, 0.15) is 0 Å². The highest BCUT2D eigenvalue weighted by molar-refractivity contribution is 5.74. The zero-order valence-corrected chi connectivity index (χ0v) is 14.1. The molecule has 0 spiro atoms. The van der Waals surface area contributed by atoms with Crippen LogP contribution in [0.5, 0.6) is 0 Å². The second kappa shape index (κ2) is 8.49. The SMILES string of the molecule is CCN(CC(=O)O)C1CC(NC(=O)N[C@@H]2CCCC[C@H]2OC)C1. The van der Waals surface area contributed by atoms with Gasteiger partial charge in [0.05, 0.1) is 18.7 Å². The van der Waals surface area contributed by atoms with Gasteiger partial charge in [-0.1, -0.05) is 19.8 Å². The molecule has 132 valence electrons. The van der Waals surface area contributed by atoms with E-state index in [9.17, 15) is 9.59 Å². The summed E-state index contributed by atoms with van der Waals surface area (Å²) in [6, 6.07) is 0.336. The monoisotopic (exact) mass is 327 g/mol. The number of hydrogen-bond donors (Lipinski definition) is 3. The molecule has 2 aliphatic carbocycles. The molecule has 7 heteroatoms. The van der Waals surface area contributed by atoms with Gasteiger partial charge in [-0.25, -0.2) is 4.79 Å². The van der Waals surface area contributed by atoms with Gasteiger partial charge in [0.15, 0.2) is 0 Å². The summed E-state index contributed by atoms with van der Waals surface area (Å²) in [4.78, 5) is 24.9. The number of aliphatic carboxylic acids is 1. The van der Waals surface area contributed by atoms with E-state index in [1.807, 2.05) is 11.8 Å². The summed E-state index contributed by atoms with van der Waals surface area (Å²) < 4.78 is 5.45. The molecule has 0 unspecified atom stereocenters. The number of likely N-dealkylation sites (N-methyl/N-ethyl adjacent to an activating group) is 1. The van der Waals surface area contributed by atoms with Crippen molar-refractivity contribution >= 4 is 12.0 Å². The van der Waals surface area contributed by atoms with Crippen LogP contribution in [0.25, 0.3) is 0 Å². The fourth-order valence-electron chi connectivity index (χ4n) is 3.62. The van der Waals surface area contributed by atoms with Crippen LogP contribution in [0.15, 0.2) is 0 Å². The highest BCUT2D eigenvalue weighted by atomic mass is 16.5. The summed E-state index contributed by atoms with van der Waals surface area (Å²) >= 11 is 0. The normalized spacial score (nSPS) is 30.6. The van der Waals surface area contributed by atoms with Gasteiger partial charge in [-0.3, -0.25) is 9.69 Å². The van der Waals surface area contributed by atoms with Crippen molar-refractivity contribution < 1.29 is 19.4 Å². The van der Waals surface area contributed by atoms with E-state index in [2.05, 4.69) is 10.6 Å². The number of carbonyl (C=O) groups excluding carboxylic acids is 1. The summed E-state index contributed by atoms with van der Waals surface area (Å²) in [5.74, 6) is -0.802. The zero-order valence-electron chi connectivity index (χ0n) is 14.1. The van der Waals surface area contributed by atoms with Gasteiger partial charge in [-0.2, -0.15) is 0 Å².